The van der Waals surface area contributed by atoms with Gasteiger partial charge in [-0.05, 0) is 29.7 Å². The minimum atomic E-state index is -1.08. The second-order valence-corrected chi connectivity index (χ2v) is 6.54. The molecule has 2 N–H and O–H groups in total. The lowest BCUT2D eigenvalue weighted by Gasteiger charge is -2.14. The summed E-state index contributed by atoms with van der Waals surface area (Å²) in [6.07, 6.45) is 0.968. The number of rotatable bonds is 8. The van der Waals surface area contributed by atoms with Crippen molar-refractivity contribution in [2.75, 3.05) is 6.61 Å². The first kappa shape index (κ1) is 20.1. The number of carboxylic acids is 1. The molecule has 0 unspecified atom stereocenters. The highest BCUT2D eigenvalue weighted by Gasteiger charge is 2.19. The van der Waals surface area contributed by atoms with Gasteiger partial charge in [-0.2, -0.15) is 0 Å². The smallest absolute Gasteiger partial charge is 0.336 e. The minimum Gasteiger partial charge on any atom is -0.484 e. The molecular formula is C22H21NO6. The Morgan fingerprint density at radius 3 is 2.59 bits per heavy atom. The third kappa shape index (κ3) is 5.01. The normalized spacial score (nSPS) is 11.8. The van der Waals surface area contributed by atoms with E-state index in [1.165, 1.54) is 12.1 Å². The number of ether oxygens (including phenoxy) is 1. The number of nitrogens with one attached hydrogen (secondary N) is 1. The fraction of sp³-hybridized carbons (Fsp3) is 0.227. The maximum atomic E-state index is 12.0. The Labute approximate surface area is 166 Å². The van der Waals surface area contributed by atoms with Crippen molar-refractivity contribution in [3.63, 3.8) is 0 Å². The second kappa shape index (κ2) is 9.05. The Morgan fingerprint density at radius 1 is 1.14 bits per heavy atom. The molecule has 1 atom stereocenters. The molecule has 150 valence electrons. The van der Waals surface area contributed by atoms with Crippen LogP contribution in [-0.2, 0) is 9.59 Å². The van der Waals surface area contributed by atoms with Crippen LogP contribution in [0.5, 0.6) is 5.75 Å². The Kier molecular flexibility index (Phi) is 6.29. The summed E-state index contributed by atoms with van der Waals surface area (Å²) in [5.41, 5.74) is 1.47. The molecule has 0 aliphatic heterocycles. The molecule has 0 aliphatic rings. The molecule has 7 nitrogen and oxygen atoms in total. The lowest BCUT2D eigenvalue weighted by molar-refractivity contribution is -0.142. The van der Waals surface area contributed by atoms with Gasteiger partial charge in [0.05, 0.1) is 0 Å². The number of carbonyl (C=O) groups is 2. The van der Waals surface area contributed by atoms with Gasteiger partial charge in [0, 0.05) is 17.5 Å². The fourth-order valence-electron chi connectivity index (χ4n) is 3.02. The van der Waals surface area contributed by atoms with Crippen LogP contribution in [0.4, 0.5) is 0 Å². The molecule has 2 aromatic carbocycles. The van der Waals surface area contributed by atoms with Crippen LogP contribution in [0.15, 0.2) is 63.8 Å². The topological polar surface area (TPSA) is 106 Å². The van der Waals surface area contributed by atoms with Crippen molar-refractivity contribution in [1.82, 2.24) is 5.32 Å². The molecule has 1 heterocycles. The molecule has 7 heteroatoms. The summed E-state index contributed by atoms with van der Waals surface area (Å²) in [4.78, 5) is 35.1. The van der Waals surface area contributed by atoms with Crippen LogP contribution in [0, 0.1) is 0 Å². The van der Waals surface area contributed by atoms with Gasteiger partial charge < -0.3 is 19.6 Å². The van der Waals surface area contributed by atoms with Gasteiger partial charge in [-0.3, -0.25) is 4.79 Å². The number of fused-ring (bicyclic) bond motifs is 1. The molecule has 0 radical (unpaired) electrons. The van der Waals surface area contributed by atoms with Crippen molar-refractivity contribution in [3.05, 3.63) is 65.0 Å². The van der Waals surface area contributed by atoms with Crippen LogP contribution in [0.3, 0.4) is 0 Å². The highest BCUT2D eigenvalue weighted by Crippen LogP contribution is 2.29. The Morgan fingerprint density at radius 2 is 1.90 bits per heavy atom. The SMILES string of the molecule is CCC[C@H](NC(=O)COc1ccc2c(-c3ccccc3)cc(=O)oc2c1)C(=O)O. The van der Waals surface area contributed by atoms with Crippen LogP contribution < -0.4 is 15.7 Å². The Hall–Kier alpha value is -3.61. The van der Waals surface area contributed by atoms with Crippen molar-refractivity contribution in [3.8, 4) is 16.9 Å². The van der Waals surface area contributed by atoms with E-state index in [-0.39, 0.29) is 6.61 Å². The molecule has 0 bridgehead atoms. The van der Waals surface area contributed by atoms with Gasteiger partial charge in [0.15, 0.2) is 6.61 Å². The van der Waals surface area contributed by atoms with Crippen molar-refractivity contribution in [2.45, 2.75) is 25.8 Å². The van der Waals surface area contributed by atoms with E-state index >= 15 is 0 Å². The number of carboxylic acid groups (broad SMARTS) is 1. The third-order valence-electron chi connectivity index (χ3n) is 4.38. The highest BCUT2D eigenvalue weighted by molar-refractivity contribution is 5.93. The number of hydrogen-bond acceptors (Lipinski definition) is 5. The Bertz CT molecular complexity index is 1070. The summed E-state index contributed by atoms with van der Waals surface area (Å²) in [5.74, 6) is -1.28. The lowest BCUT2D eigenvalue weighted by atomic mass is 10.0. The van der Waals surface area contributed by atoms with E-state index in [0.29, 0.717) is 24.2 Å². The summed E-state index contributed by atoms with van der Waals surface area (Å²) < 4.78 is 10.7. The molecule has 0 aliphatic carbocycles. The summed E-state index contributed by atoms with van der Waals surface area (Å²) in [6, 6.07) is 14.9. The molecule has 1 amide bonds. The van der Waals surface area contributed by atoms with Crippen molar-refractivity contribution in [2.24, 2.45) is 0 Å². The van der Waals surface area contributed by atoms with E-state index in [1.54, 1.807) is 12.1 Å². The van der Waals surface area contributed by atoms with Crippen LogP contribution in [0.25, 0.3) is 22.1 Å². The Balaban J connectivity index is 1.77. The minimum absolute atomic E-state index is 0.336. The number of carbonyl (C=O) groups excluding carboxylic acids is 1. The van der Waals surface area contributed by atoms with Gasteiger partial charge in [0.25, 0.3) is 5.91 Å². The zero-order valence-electron chi connectivity index (χ0n) is 15.9. The first-order valence-corrected chi connectivity index (χ1v) is 9.26. The van der Waals surface area contributed by atoms with E-state index in [1.807, 2.05) is 37.3 Å². The first-order valence-electron chi connectivity index (χ1n) is 9.26. The molecular weight excluding hydrogens is 374 g/mol. The summed E-state index contributed by atoms with van der Waals surface area (Å²) in [6.45, 7) is 1.49. The van der Waals surface area contributed by atoms with E-state index in [4.69, 9.17) is 14.3 Å². The van der Waals surface area contributed by atoms with Gasteiger partial charge in [-0.1, -0.05) is 43.7 Å². The average Bonchev–Trinajstić information content (AvgIpc) is 2.71. The standard InChI is InChI=1S/C22H21NO6/c1-2-6-18(22(26)27)23-20(24)13-28-15-9-10-16-17(14-7-4-3-5-8-14)12-21(25)29-19(16)11-15/h3-5,7-12,18H,2,6,13H2,1H3,(H,23,24)(H,26,27)/t18-/m0/s1. The zero-order chi connectivity index (χ0) is 20.8. The molecule has 29 heavy (non-hydrogen) atoms. The summed E-state index contributed by atoms with van der Waals surface area (Å²) in [5, 5.41) is 12.3. The predicted octanol–water partition coefficient (Wildman–Crippen LogP) is 3.21. The summed E-state index contributed by atoms with van der Waals surface area (Å²) >= 11 is 0. The molecule has 3 rings (SSSR count). The van der Waals surface area contributed by atoms with Crippen LogP contribution in [-0.4, -0.2) is 29.6 Å². The number of hydrogen-bond donors (Lipinski definition) is 2. The maximum Gasteiger partial charge on any atom is 0.336 e. The van der Waals surface area contributed by atoms with Gasteiger partial charge in [0.1, 0.15) is 17.4 Å². The van der Waals surface area contributed by atoms with E-state index in [9.17, 15) is 14.4 Å². The van der Waals surface area contributed by atoms with E-state index in [2.05, 4.69) is 5.32 Å². The lowest BCUT2D eigenvalue weighted by Crippen LogP contribution is -2.42. The molecule has 0 saturated heterocycles. The monoisotopic (exact) mass is 395 g/mol. The fourth-order valence-corrected chi connectivity index (χ4v) is 3.02. The van der Waals surface area contributed by atoms with Crippen LogP contribution >= 0.6 is 0 Å². The number of benzene rings is 2. The largest absolute Gasteiger partial charge is 0.484 e. The van der Waals surface area contributed by atoms with Crippen LogP contribution in [0.2, 0.25) is 0 Å². The highest BCUT2D eigenvalue weighted by atomic mass is 16.5. The molecule has 0 fully saturated rings. The van der Waals surface area contributed by atoms with E-state index < -0.39 is 23.5 Å². The predicted molar refractivity (Wildman–Crippen MR) is 108 cm³/mol. The van der Waals surface area contributed by atoms with Crippen molar-refractivity contribution >= 4 is 22.8 Å². The second-order valence-electron chi connectivity index (χ2n) is 6.54. The average molecular weight is 395 g/mol. The van der Waals surface area contributed by atoms with Gasteiger partial charge in [-0.25, -0.2) is 9.59 Å². The first-order chi connectivity index (χ1) is 14.0. The van der Waals surface area contributed by atoms with Gasteiger partial charge in [-0.15, -0.1) is 0 Å². The van der Waals surface area contributed by atoms with E-state index in [0.717, 1.165) is 16.5 Å². The van der Waals surface area contributed by atoms with Crippen molar-refractivity contribution in [1.29, 1.82) is 0 Å². The number of amides is 1. The molecule has 0 saturated carbocycles. The summed E-state index contributed by atoms with van der Waals surface area (Å²) in [7, 11) is 0. The number of aliphatic carboxylic acids is 1. The molecule has 3 aromatic rings. The zero-order valence-corrected chi connectivity index (χ0v) is 15.9. The quantitative estimate of drug-likeness (QED) is 0.568. The molecule has 0 spiro atoms. The molecule has 1 aromatic heterocycles. The van der Waals surface area contributed by atoms with Crippen LogP contribution in [0.1, 0.15) is 19.8 Å². The maximum absolute atomic E-state index is 12.0. The van der Waals surface area contributed by atoms with Gasteiger partial charge in [0.2, 0.25) is 0 Å². The third-order valence-corrected chi connectivity index (χ3v) is 4.38. The van der Waals surface area contributed by atoms with Crippen molar-refractivity contribution < 1.29 is 23.8 Å². The van der Waals surface area contributed by atoms with Gasteiger partial charge >= 0.3 is 11.6 Å².